The molecule has 0 radical (unpaired) electrons. The summed E-state index contributed by atoms with van der Waals surface area (Å²) in [5.41, 5.74) is 2.90. The van der Waals surface area contributed by atoms with E-state index in [-0.39, 0.29) is 0 Å². The molecule has 28 heavy (non-hydrogen) atoms. The molecule has 146 valence electrons. The van der Waals surface area contributed by atoms with Gasteiger partial charge < -0.3 is 4.74 Å². The average Bonchev–Trinajstić information content (AvgIpc) is 2.76. The number of hydrogen-bond acceptors (Lipinski definition) is 1. The van der Waals surface area contributed by atoms with Gasteiger partial charge in [-0.2, -0.15) is 0 Å². The fraction of sp³-hybridized carbons (Fsp3) is 0.308. The van der Waals surface area contributed by atoms with E-state index in [2.05, 4.69) is 127 Å². The van der Waals surface area contributed by atoms with E-state index < -0.39 is 5.60 Å². The zero-order valence-corrected chi connectivity index (χ0v) is 18.9. The SMILES string of the molecule is C[C@H](COC(c1ccccc1)(c1ccccc1)c1ccccc1)C[C@@H](C)CI. The highest BCUT2D eigenvalue weighted by Crippen LogP contribution is 2.40. The van der Waals surface area contributed by atoms with Crippen LogP contribution in [0.15, 0.2) is 91.0 Å². The first-order valence-electron chi connectivity index (χ1n) is 10.0. The highest BCUT2D eigenvalue weighted by molar-refractivity contribution is 14.1. The molecule has 0 aliphatic rings. The van der Waals surface area contributed by atoms with Crippen LogP contribution in [0.2, 0.25) is 0 Å². The van der Waals surface area contributed by atoms with Crippen LogP contribution in [0, 0.1) is 11.8 Å². The van der Waals surface area contributed by atoms with E-state index >= 15 is 0 Å². The molecule has 0 aliphatic heterocycles. The van der Waals surface area contributed by atoms with Gasteiger partial charge in [0.2, 0.25) is 0 Å². The van der Waals surface area contributed by atoms with Crippen LogP contribution >= 0.6 is 22.6 Å². The standard InChI is InChI=1S/C26H29IO/c1-21(19-27)18-22(2)20-28-26(23-12-6-3-7-13-23,24-14-8-4-9-15-24)25-16-10-5-11-17-25/h3-17,21-22H,18-20H2,1-2H3/t21-,22+/m1/s1. The lowest BCUT2D eigenvalue weighted by molar-refractivity contribution is -0.00824. The molecule has 3 aromatic rings. The molecule has 3 rings (SSSR count). The van der Waals surface area contributed by atoms with Crippen molar-refractivity contribution in [3.8, 4) is 0 Å². The number of halogens is 1. The molecule has 0 saturated heterocycles. The van der Waals surface area contributed by atoms with Crippen LogP contribution in [0.25, 0.3) is 0 Å². The zero-order valence-electron chi connectivity index (χ0n) is 16.7. The van der Waals surface area contributed by atoms with Gasteiger partial charge in [0.25, 0.3) is 0 Å². The van der Waals surface area contributed by atoms with Crippen LogP contribution in [0.4, 0.5) is 0 Å². The van der Waals surface area contributed by atoms with E-state index in [1.54, 1.807) is 0 Å². The van der Waals surface area contributed by atoms with Gasteiger partial charge in [0.05, 0.1) is 6.61 Å². The van der Waals surface area contributed by atoms with Gasteiger partial charge in [-0.25, -0.2) is 0 Å². The fourth-order valence-corrected chi connectivity index (χ4v) is 4.21. The topological polar surface area (TPSA) is 9.23 Å². The smallest absolute Gasteiger partial charge is 0.143 e. The Morgan fingerprint density at radius 1 is 0.679 bits per heavy atom. The van der Waals surface area contributed by atoms with Gasteiger partial charge in [0.1, 0.15) is 5.60 Å². The first kappa shape index (κ1) is 21.1. The molecule has 0 aromatic heterocycles. The summed E-state index contributed by atoms with van der Waals surface area (Å²) in [7, 11) is 0. The molecule has 0 fully saturated rings. The number of rotatable bonds is 9. The van der Waals surface area contributed by atoms with Crippen LogP contribution < -0.4 is 0 Å². The molecule has 0 aliphatic carbocycles. The Labute approximate surface area is 183 Å². The predicted molar refractivity (Wildman–Crippen MR) is 127 cm³/mol. The highest BCUT2D eigenvalue weighted by atomic mass is 127. The summed E-state index contributed by atoms with van der Waals surface area (Å²) >= 11 is 2.48. The monoisotopic (exact) mass is 484 g/mol. The van der Waals surface area contributed by atoms with E-state index in [9.17, 15) is 0 Å². The molecule has 1 nitrogen and oxygen atoms in total. The summed E-state index contributed by atoms with van der Waals surface area (Å²) in [6.07, 6.45) is 1.18. The van der Waals surface area contributed by atoms with Crippen molar-refractivity contribution in [1.29, 1.82) is 0 Å². The van der Waals surface area contributed by atoms with Crippen molar-refractivity contribution in [1.82, 2.24) is 0 Å². The lowest BCUT2D eigenvalue weighted by Gasteiger charge is -2.37. The second kappa shape index (κ2) is 10.2. The summed E-state index contributed by atoms with van der Waals surface area (Å²) in [6, 6.07) is 31.9. The third-order valence-corrected chi connectivity index (χ3v) is 6.70. The van der Waals surface area contributed by atoms with Crippen LogP contribution in [0.1, 0.15) is 37.0 Å². The number of ether oxygens (including phenoxy) is 1. The van der Waals surface area contributed by atoms with Crippen molar-refractivity contribution in [3.63, 3.8) is 0 Å². The molecule has 0 saturated carbocycles. The Morgan fingerprint density at radius 2 is 1.07 bits per heavy atom. The Balaban J connectivity index is 2.06. The molecule has 0 heterocycles. The van der Waals surface area contributed by atoms with Gasteiger partial charge in [-0.15, -0.1) is 0 Å². The van der Waals surface area contributed by atoms with Crippen LogP contribution in [0.3, 0.4) is 0 Å². The fourth-order valence-electron chi connectivity index (χ4n) is 3.85. The van der Waals surface area contributed by atoms with Crippen molar-refractivity contribution in [2.45, 2.75) is 25.9 Å². The van der Waals surface area contributed by atoms with Crippen molar-refractivity contribution in [2.75, 3.05) is 11.0 Å². The van der Waals surface area contributed by atoms with Crippen molar-refractivity contribution in [2.24, 2.45) is 11.8 Å². The molecule has 0 bridgehead atoms. The zero-order chi connectivity index (χ0) is 19.8. The van der Waals surface area contributed by atoms with E-state index in [1.807, 2.05) is 0 Å². The third kappa shape index (κ3) is 4.84. The second-order valence-electron chi connectivity index (χ2n) is 7.69. The van der Waals surface area contributed by atoms with Gasteiger partial charge in [-0.1, -0.05) is 127 Å². The molecule has 0 unspecified atom stereocenters. The Morgan fingerprint density at radius 3 is 1.43 bits per heavy atom. The Bertz CT molecular complexity index is 720. The summed E-state index contributed by atoms with van der Waals surface area (Å²) in [6.45, 7) is 5.34. The molecule has 0 N–H and O–H groups in total. The number of benzene rings is 3. The van der Waals surface area contributed by atoms with E-state index in [0.717, 1.165) is 6.61 Å². The summed E-state index contributed by atoms with van der Waals surface area (Å²) in [4.78, 5) is 0. The Hall–Kier alpha value is -1.65. The molecular weight excluding hydrogens is 455 g/mol. The number of hydrogen-bond donors (Lipinski definition) is 0. The maximum atomic E-state index is 6.89. The average molecular weight is 484 g/mol. The highest BCUT2D eigenvalue weighted by Gasteiger charge is 2.37. The minimum absolute atomic E-state index is 0.500. The largest absolute Gasteiger partial charge is 0.361 e. The summed E-state index contributed by atoms with van der Waals surface area (Å²) in [5, 5.41) is 0. The quantitative estimate of drug-likeness (QED) is 0.179. The van der Waals surface area contributed by atoms with Gasteiger partial charge in [0.15, 0.2) is 0 Å². The lowest BCUT2D eigenvalue weighted by Crippen LogP contribution is -2.34. The predicted octanol–water partition coefficient (Wildman–Crippen LogP) is 7.09. The second-order valence-corrected chi connectivity index (χ2v) is 8.57. The van der Waals surface area contributed by atoms with Gasteiger partial charge >= 0.3 is 0 Å². The Kier molecular flexibility index (Phi) is 7.69. The van der Waals surface area contributed by atoms with Gasteiger partial charge in [-0.3, -0.25) is 0 Å². The molecule has 3 aromatic carbocycles. The van der Waals surface area contributed by atoms with Crippen LogP contribution in [-0.4, -0.2) is 11.0 Å². The van der Waals surface area contributed by atoms with Crippen molar-refractivity contribution >= 4 is 22.6 Å². The molecule has 0 spiro atoms. The molecular formula is C26H29IO. The molecule has 2 heteroatoms. The summed E-state index contributed by atoms with van der Waals surface area (Å²) < 4.78 is 8.08. The van der Waals surface area contributed by atoms with Crippen molar-refractivity contribution in [3.05, 3.63) is 108 Å². The van der Waals surface area contributed by atoms with Crippen LogP contribution in [-0.2, 0) is 10.3 Å². The van der Waals surface area contributed by atoms with Crippen molar-refractivity contribution < 1.29 is 4.74 Å². The first-order chi connectivity index (χ1) is 13.7. The van der Waals surface area contributed by atoms with Gasteiger partial charge in [-0.05, 0) is 34.9 Å². The lowest BCUT2D eigenvalue weighted by atomic mass is 9.80. The third-order valence-electron chi connectivity index (χ3n) is 5.19. The first-order valence-corrected chi connectivity index (χ1v) is 11.6. The minimum atomic E-state index is -0.606. The minimum Gasteiger partial charge on any atom is -0.361 e. The van der Waals surface area contributed by atoms with E-state index in [0.29, 0.717) is 11.8 Å². The maximum absolute atomic E-state index is 6.89. The normalized spacial score (nSPS) is 13.8. The summed E-state index contributed by atoms with van der Waals surface area (Å²) in [5.74, 6) is 1.21. The molecule has 0 amide bonds. The number of alkyl halides is 1. The van der Waals surface area contributed by atoms with Crippen LogP contribution in [0.5, 0.6) is 0 Å². The van der Waals surface area contributed by atoms with Gasteiger partial charge in [0, 0.05) is 4.43 Å². The van der Waals surface area contributed by atoms with E-state index in [1.165, 1.54) is 27.5 Å². The molecule has 2 atom stereocenters. The van der Waals surface area contributed by atoms with E-state index in [4.69, 9.17) is 4.74 Å². The maximum Gasteiger partial charge on any atom is 0.143 e.